The summed E-state index contributed by atoms with van der Waals surface area (Å²) in [7, 11) is 0. The number of nitrogens with zero attached hydrogens (tertiary/aromatic N) is 1. The SMILES string of the molecule is Clc1ccc2sc3c4ccccc4ccc3c2c1N(c1ccccc1)c1ccccc1-c1ccccc1. The monoisotopic (exact) mass is 511 g/mol. The lowest BCUT2D eigenvalue weighted by Gasteiger charge is -2.29. The Balaban J connectivity index is 1.59. The van der Waals surface area contributed by atoms with E-state index in [1.165, 1.54) is 36.5 Å². The fraction of sp³-hybridized carbons (Fsp3) is 0. The Labute approximate surface area is 224 Å². The summed E-state index contributed by atoms with van der Waals surface area (Å²) in [5.41, 5.74) is 5.50. The molecule has 0 aliphatic rings. The van der Waals surface area contributed by atoms with Crippen LogP contribution in [-0.2, 0) is 0 Å². The van der Waals surface area contributed by atoms with Gasteiger partial charge in [0.25, 0.3) is 0 Å². The van der Waals surface area contributed by atoms with Crippen LogP contribution in [0.5, 0.6) is 0 Å². The van der Waals surface area contributed by atoms with Crippen molar-refractivity contribution < 1.29 is 0 Å². The number of fused-ring (bicyclic) bond motifs is 5. The van der Waals surface area contributed by atoms with Gasteiger partial charge in [-0.15, -0.1) is 11.3 Å². The molecule has 0 unspecified atom stereocenters. The first-order valence-corrected chi connectivity index (χ1v) is 13.5. The second kappa shape index (κ2) is 9.08. The third kappa shape index (κ3) is 3.69. The highest BCUT2D eigenvalue weighted by atomic mass is 35.5. The van der Waals surface area contributed by atoms with Crippen molar-refractivity contribution in [3.8, 4) is 11.1 Å². The largest absolute Gasteiger partial charge is 0.308 e. The summed E-state index contributed by atoms with van der Waals surface area (Å²) in [4.78, 5) is 2.33. The zero-order valence-electron chi connectivity index (χ0n) is 19.9. The van der Waals surface area contributed by atoms with Gasteiger partial charge in [0, 0.05) is 31.4 Å². The van der Waals surface area contributed by atoms with Crippen molar-refractivity contribution in [3.63, 3.8) is 0 Å². The van der Waals surface area contributed by atoms with Crippen molar-refractivity contribution in [2.24, 2.45) is 0 Å². The number of thiophene rings is 1. The van der Waals surface area contributed by atoms with Crippen LogP contribution < -0.4 is 4.90 Å². The van der Waals surface area contributed by atoms with E-state index in [9.17, 15) is 0 Å². The molecule has 3 heteroatoms. The van der Waals surface area contributed by atoms with E-state index in [1.807, 2.05) is 17.4 Å². The molecule has 0 fully saturated rings. The maximum Gasteiger partial charge on any atom is 0.0741 e. The summed E-state index contributed by atoms with van der Waals surface area (Å²) in [5, 5.41) is 5.68. The van der Waals surface area contributed by atoms with E-state index in [0.29, 0.717) is 0 Å². The molecule has 7 rings (SSSR count). The van der Waals surface area contributed by atoms with Crippen LogP contribution in [0.1, 0.15) is 0 Å². The molecule has 0 N–H and O–H groups in total. The van der Waals surface area contributed by atoms with Gasteiger partial charge in [-0.1, -0.05) is 115 Å². The molecule has 0 saturated heterocycles. The molecule has 176 valence electrons. The van der Waals surface area contributed by atoms with Gasteiger partial charge in [-0.3, -0.25) is 0 Å². The predicted octanol–water partition coefficient (Wildman–Crippen LogP) is 11.0. The van der Waals surface area contributed by atoms with E-state index in [1.54, 1.807) is 0 Å². The summed E-state index contributed by atoms with van der Waals surface area (Å²) in [6, 6.07) is 47.0. The standard InChI is InChI=1S/C34H22ClNS/c35-29-21-22-31-32(28-20-19-24-13-7-8-17-27(24)34(28)37-31)33(29)36(25-14-5-2-6-15-25)30-18-10-9-16-26(30)23-11-3-1-4-12-23/h1-22H. The highest BCUT2D eigenvalue weighted by Crippen LogP contribution is 2.50. The van der Waals surface area contributed by atoms with Gasteiger partial charge in [-0.25, -0.2) is 0 Å². The zero-order chi connectivity index (χ0) is 24.8. The van der Waals surface area contributed by atoms with Crippen molar-refractivity contribution >= 4 is 70.9 Å². The quantitative estimate of drug-likeness (QED) is 0.227. The lowest BCUT2D eigenvalue weighted by Crippen LogP contribution is -2.12. The lowest BCUT2D eigenvalue weighted by atomic mass is 10.0. The third-order valence-electron chi connectivity index (χ3n) is 6.92. The Hall–Kier alpha value is -4.11. The van der Waals surface area contributed by atoms with Crippen LogP contribution in [0.4, 0.5) is 17.1 Å². The van der Waals surface area contributed by atoms with E-state index in [0.717, 1.165) is 27.6 Å². The summed E-state index contributed by atoms with van der Waals surface area (Å²) < 4.78 is 2.52. The zero-order valence-corrected chi connectivity index (χ0v) is 21.5. The Morgan fingerprint density at radius 2 is 1.27 bits per heavy atom. The summed E-state index contributed by atoms with van der Waals surface area (Å²) in [5.74, 6) is 0. The fourth-order valence-corrected chi connectivity index (χ4v) is 6.75. The van der Waals surface area contributed by atoms with Gasteiger partial charge in [-0.05, 0) is 46.7 Å². The molecule has 0 bridgehead atoms. The number of benzene rings is 6. The normalized spacial score (nSPS) is 11.4. The number of anilines is 3. The Bertz CT molecular complexity index is 1890. The van der Waals surface area contributed by atoms with Gasteiger partial charge in [0.05, 0.1) is 16.4 Å². The molecule has 6 aromatic carbocycles. The minimum absolute atomic E-state index is 0.729. The van der Waals surface area contributed by atoms with Crippen molar-refractivity contribution in [1.82, 2.24) is 0 Å². The van der Waals surface area contributed by atoms with Crippen LogP contribution in [-0.4, -0.2) is 0 Å². The summed E-state index contributed by atoms with van der Waals surface area (Å²) >= 11 is 8.97. The van der Waals surface area contributed by atoms with E-state index < -0.39 is 0 Å². The van der Waals surface area contributed by atoms with Gasteiger partial charge < -0.3 is 4.90 Å². The van der Waals surface area contributed by atoms with Crippen molar-refractivity contribution in [1.29, 1.82) is 0 Å². The first-order chi connectivity index (χ1) is 18.3. The molecule has 0 aliphatic heterocycles. The first kappa shape index (κ1) is 22.1. The Kier molecular flexibility index (Phi) is 5.43. The van der Waals surface area contributed by atoms with Crippen LogP contribution in [0.25, 0.3) is 42.1 Å². The van der Waals surface area contributed by atoms with E-state index in [-0.39, 0.29) is 0 Å². The maximum atomic E-state index is 7.13. The second-order valence-electron chi connectivity index (χ2n) is 9.09. The molecule has 1 heterocycles. The molecule has 1 aromatic heterocycles. The second-order valence-corrected chi connectivity index (χ2v) is 10.5. The fourth-order valence-electron chi connectivity index (χ4n) is 5.27. The van der Waals surface area contributed by atoms with Gasteiger partial charge in [0.15, 0.2) is 0 Å². The molecular weight excluding hydrogens is 490 g/mol. The molecule has 0 saturated carbocycles. The van der Waals surface area contributed by atoms with Crippen LogP contribution in [0, 0.1) is 0 Å². The number of rotatable bonds is 4. The van der Waals surface area contributed by atoms with Gasteiger partial charge in [0.1, 0.15) is 0 Å². The summed E-state index contributed by atoms with van der Waals surface area (Å²) in [6.07, 6.45) is 0. The highest BCUT2D eigenvalue weighted by Gasteiger charge is 2.23. The van der Waals surface area contributed by atoms with Crippen molar-refractivity contribution in [2.45, 2.75) is 0 Å². The Morgan fingerprint density at radius 3 is 2.11 bits per heavy atom. The van der Waals surface area contributed by atoms with Gasteiger partial charge in [-0.2, -0.15) is 0 Å². The number of hydrogen-bond donors (Lipinski definition) is 0. The lowest BCUT2D eigenvalue weighted by molar-refractivity contribution is 1.30. The molecule has 0 spiro atoms. The Morgan fingerprint density at radius 1 is 0.568 bits per heavy atom. The molecule has 0 aliphatic carbocycles. The first-order valence-electron chi connectivity index (χ1n) is 12.3. The van der Waals surface area contributed by atoms with E-state index in [2.05, 4.69) is 132 Å². The molecule has 0 amide bonds. The van der Waals surface area contributed by atoms with Crippen LogP contribution in [0.2, 0.25) is 5.02 Å². The minimum atomic E-state index is 0.729. The van der Waals surface area contributed by atoms with Crippen LogP contribution >= 0.6 is 22.9 Å². The highest BCUT2D eigenvalue weighted by molar-refractivity contribution is 7.26. The average Bonchev–Trinajstić information content (AvgIpc) is 3.35. The van der Waals surface area contributed by atoms with Crippen LogP contribution in [0.15, 0.2) is 133 Å². The number of hydrogen-bond acceptors (Lipinski definition) is 2. The third-order valence-corrected chi connectivity index (χ3v) is 8.43. The van der Waals surface area contributed by atoms with E-state index >= 15 is 0 Å². The predicted molar refractivity (Wildman–Crippen MR) is 162 cm³/mol. The molecular formula is C34H22ClNS. The smallest absolute Gasteiger partial charge is 0.0741 e. The molecule has 0 radical (unpaired) electrons. The molecule has 37 heavy (non-hydrogen) atoms. The number of halogens is 1. The maximum absolute atomic E-state index is 7.13. The molecule has 1 nitrogen and oxygen atoms in total. The average molecular weight is 512 g/mol. The minimum Gasteiger partial charge on any atom is -0.308 e. The summed E-state index contributed by atoms with van der Waals surface area (Å²) in [6.45, 7) is 0. The van der Waals surface area contributed by atoms with E-state index in [4.69, 9.17) is 11.6 Å². The van der Waals surface area contributed by atoms with Crippen molar-refractivity contribution in [3.05, 3.63) is 138 Å². The van der Waals surface area contributed by atoms with Gasteiger partial charge >= 0.3 is 0 Å². The topological polar surface area (TPSA) is 3.24 Å². The molecule has 0 atom stereocenters. The number of para-hydroxylation sites is 2. The van der Waals surface area contributed by atoms with Crippen molar-refractivity contribution in [2.75, 3.05) is 4.90 Å². The van der Waals surface area contributed by atoms with Crippen LogP contribution in [0.3, 0.4) is 0 Å². The van der Waals surface area contributed by atoms with Gasteiger partial charge in [0.2, 0.25) is 0 Å². The molecule has 7 aromatic rings.